The van der Waals surface area contributed by atoms with Crippen molar-refractivity contribution in [3.05, 3.63) is 12.3 Å². The number of rotatable bonds is 0. The van der Waals surface area contributed by atoms with E-state index in [0.717, 1.165) is 6.54 Å². The molecule has 0 aliphatic carbocycles. The summed E-state index contributed by atoms with van der Waals surface area (Å²) in [7, 11) is 2.21. The van der Waals surface area contributed by atoms with Gasteiger partial charge in [-0.25, -0.2) is 0 Å². The topological polar surface area (TPSA) is 15.3 Å². The number of nitrogens with zero attached hydrogens (tertiary/aromatic N) is 1. The van der Waals surface area contributed by atoms with E-state index >= 15 is 0 Å². The molecule has 2 saturated heterocycles. The quantitative estimate of drug-likeness (QED) is 0.582. The zero-order valence-electron chi connectivity index (χ0n) is 7.90. The van der Waals surface area contributed by atoms with Crippen LogP contribution in [-0.4, -0.2) is 31.6 Å². The number of allylic oxidation sites excluding steroid dienone is 1. The summed E-state index contributed by atoms with van der Waals surface area (Å²) >= 11 is 0. The van der Waals surface area contributed by atoms with Crippen LogP contribution in [0.5, 0.6) is 0 Å². The lowest BCUT2D eigenvalue weighted by atomic mass is 9.76. The minimum Gasteiger partial charge on any atom is -0.388 e. The van der Waals surface area contributed by atoms with Gasteiger partial charge in [0, 0.05) is 17.7 Å². The van der Waals surface area contributed by atoms with Crippen LogP contribution in [0.1, 0.15) is 19.3 Å². The minimum atomic E-state index is 0.465. The van der Waals surface area contributed by atoms with E-state index in [-0.39, 0.29) is 0 Å². The number of likely N-dealkylation sites (tertiary alicyclic amines) is 1. The summed E-state index contributed by atoms with van der Waals surface area (Å²) < 4.78 is 0. The molecule has 0 aromatic carbocycles. The van der Waals surface area contributed by atoms with Gasteiger partial charge in [0.1, 0.15) is 0 Å². The molecule has 68 valence electrons. The highest BCUT2D eigenvalue weighted by atomic mass is 15.1. The molecule has 2 heteroatoms. The molecule has 0 radical (unpaired) electrons. The first kappa shape index (κ1) is 8.11. The van der Waals surface area contributed by atoms with Crippen molar-refractivity contribution in [1.82, 2.24) is 10.2 Å². The zero-order chi connectivity index (χ0) is 8.60. The van der Waals surface area contributed by atoms with Crippen molar-refractivity contribution >= 4 is 0 Å². The fraction of sp³-hybridized carbons (Fsp3) is 0.800. The Labute approximate surface area is 74.6 Å². The molecule has 2 aliphatic heterocycles. The van der Waals surface area contributed by atoms with Gasteiger partial charge in [-0.1, -0.05) is 6.58 Å². The molecule has 0 aromatic rings. The molecular weight excluding hydrogens is 148 g/mol. The van der Waals surface area contributed by atoms with Crippen LogP contribution in [0.2, 0.25) is 0 Å². The van der Waals surface area contributed by atoms with Gasteiger partial charge in [0.25, 0.3) is 0 Å². The van der Waals surface area contributed by atoms with Gasteiger partial charge in [-0.2, -0.15) is 0 Å². The van der Waals surface area contributed by atoms with Crippen molar-refractivity contribution in [2.75, 3.05) is 26.7 Å². The van der Waals surface area contributed by atoms with Crippen LogP contribution in [0.25, 0.3) is 0 Å². The van der Waals surface area contributed by atoms with Crippen molar-refractivity contribution in [2.45, 2.75) is 19.3 Å². The maximum absolute atomic E-state index is 4.13. The van der Waals surface area contributed by atoms with Gasteiger partial charge < -0.3 is 10.2 Å². The monoisotopic (exact) mass is 166 g/mol. The van der Waals surface area contributed by atoms with Crippen molar-refractivity contribution in [2.24, 2.45) is 5.41 Å². The molecule has 1 spiro atoms. The molecule has 1 N–H and O–H groups in total. The highest BCUT2D eigenvalue weighted by molar-refractivity contribution is 5.15. The van der Waals surface area contributed by atoms with Crippen molar-refractivity contribution in [3.63, 3.8) is 0 Å². The van der Waals surface area contributed by atoms with Crippen LogP contribution < -0.4 is 5.32 Å². The predicted octanol–water partition coefficient (Wildman–Crippen LogP) is 1.21. The van der Waals surface area contributed by atoms with Crippen LogP contribution in [0, 0.1) is 5.41 Å². The van der Waals surface area contributed by atoms with E-state index in [1.165, 1.54) is 38.0 Å². The van der Waals surface area contributed by atoms with E-state index in [2.05, 4.69) is 23.8 Å². The smallest absolute Gasteiger partial charge is 0.0153 e. The Morgan fingerprint density at radius 1 is 1.33 bits per heavy atom. The van der Waals surface area contributed by atoms with E-state index < -0.39 is 0 Å². The van der Waals surface area contributed by atoms with Gasteiger partial charge in [-0.15, -0.1) is 0 Å². The standard InChI is InChI=1S/C10H18N2/c1-9-10(3-6-11-9)4-7-12(2)8-5-10/h11H,1,3-8H2,2H3. The minimum absolute atomic E-state index is 0.465. The maximum Gasteiger partial charge on any atom is 0.0153 e. The molecule has 0 unspecified atom stereocenters. The summed E-state index contributed by atoms with van der Waals surface area (Å²) in [6.07, 6.45) is 3.91. The number of hydrogen-bond donors (Lipinski definition) is 1. The third kappa shape index (κ3) is 1.14. The maximum atomic E-state index is 4.13. The second kappa shape index (κ2) is 2.77. The average Bonchev–Trinajstić information content (AvgIpc) is 2.41. The van der Waals surface area contributed by atoms with E-state index in [4.69, 9.17) is 0 Å². The van der Waals surface area contributed by atoms with Gasteiger partial charge in [0.2, 0.25) is 0 Å². The second-order valence-electron chi connectivity index (χ2n) is 4.24. The summed E-state index contributed by atoms with van der Waals surface area (Å²) in [6, 6.07) is 0. The number of piperidine rings is 1. The molecule has 0 bridgehead atoms. The SMILES string of the molecule is C=C1NCCC12CCN(C)CC2. The molecular formula is C10H18N2. The van der Waals surface area contributed by atoms with Gasteiger partial charge in [-0.3, -0.25) is 0 Å². The van der Waals surface area contributed by atoms with Crippen molar-refractivity contribution < 1.29 is 0 Å². The number of nitrogens with one attached hydrogen (secondary N) is 1. The van der Waals surface area contributed by atoms with Crippen molar-refractivity contribution in [3.8, 4) is 0 Å². The Kier molecular flexibility index (Phi) is 1.87. The fourth-order valence-corrected chi connectivity index (χ4v) is 2.39. The summed E-state index contributed by atoms with van der Waals surface area (Å²) in [6.45, 7) is 7.74. The van der Waals surface area contributed by atoms with Crippen LogP contribution in [-0.2, 0) is 0 Å². The third-order valence-electron chi connectivity index (χ3n) is 3.53. The molecule has 0 saturated carbocycles. The second-order valence-corrected chi connectivity index (χ2v) is 4.24. The molecule has 0 aromatic heterocycles. The summed E-state index contributed by atoms with van der Waals surface area (Å²) in [5, 5.41) is 3.38. The lowest BCUT2D eigenvalue weighted by Crippen LogP contribution is -2.37. The molecule has 0 atom stereocenters. The van der Waals surface area contributed by atoms with Gasteiger partial charge in [-0.05, 0) is 39.4 Å². The molecule has 2 nitrogen and oxygen atoms in total. The van der Waals surface area contributed by atoms with E-state index in [1.807, 2.05) is 0 Å². The highest BCUT2D eigenvalue weighted by Crippen LogP contribution is 2.42. The molecule has 12 heavy (non-hydrogen) atoms. The highest BCUT2D eigenvalue weighted by Gasteiger charge is 2.39. The molecule has 0 amide bonds. The van der Waals surface area contributed by atoms with E-state index in [0.29, 0.717) is 5.41 Å². The first-order chi connectivity index (χ1) is 5.73. The summed E-state index contributed by atoms with van der Waals surface area (Å²) in [4.78, 5) is 2.41. The third-order valence-corrected chi connectivity index (χ3v) is 3.53. The molecule has 2 aliphatic rings. The van der Waals surface area contributed by atoms with Gasteiger partial charge in [0.15, 0.2) is 0 Å². The molecule has 2 rings (SSSR count). The van der Waals surface area contributed by atoms with Gasteiger partial charge >= 0.3 is 0 Å². The summed E-state index contributed by atoms with van der Waals surface area (Å²) in [5.41, 5.74) is 1.77. The summed E-state index contributed by atoms with van der Waals surface area (Å²) in [5.74, 6) is 0. The Balaban J connectivity index is 2.07. The Bertz CT molecular complexity index is 190. The first-order valence-electron chi connectivity index (χ1n) is 4.85. The first-order valence-corrected chi connectivity index (χ1v) is 4.85. The average molecular weight is 166 g/mol. The Hall–Kier alpha value is -0.500. The Morgan fingerprint density at radius 2 is 2.00 bits per heavy atom. The number of hydrogen-bond acceptors (Lipinski definition) is 2. The van der Waals surface area contributed by atoms with E-state index in [9.17, 15) is 0 Å². The lowest BCUT2D eigenvalue weighted by Gasteiger charge is -2.37. The van der Waals surface area contributed by atoms with Crippen LogP contribution >= 0.6 is 0 Å². The largest absolute Gasteiger partial charge is 0.388 e. The van der Waals surface area contributed by atoms with Crippen LogP contribution in [0.4, 0.5) is 0 Å². The predicted molar refractivity (Wildman–Crippen MR) is 50.9 cm³/mol. The fourth-order valence-electron chi connectivity index (χ4n) is 2.39. The van der Waals surface area contributed by atoms with Crippen LogP contribution in [0.15, 0.2) is 12.3 Å². The van der Waals surface area contributed by atoms with Crippen LogP contribution in [0.3, 0.4) is 0 Å². The van der Waals surface area contributed by atoms with E-state index in [1.54, 1.807) is 0 Å². The zero-order valence-corrected chi connectivity index (χ0v) is 7.90. The lowest BCUT2D eigenvalue weighted by molar-refractivity contribution is 0.161. The molecule has 2 heterocycles. The molecule has 2 fully saturated rings. The van der Waals surface area contributed by atoms with Crippen molar-refractivity contribution in [1.29, 1.82) is 0 Å². The Morgan fingerprint density at radius 3 is 2.50 bits per heavy atom. The van der Waals surface area contributed by atoms with Gasteiger partial charge in [0.05, 0.1) is 0 Å². The normalized spacial score (nSPS) is 29.2.